The first-order valence-electron chi connectivity index (χ1n) is 7.63. The zero-order valence-electron chi connectivity index (χ0n) is 13.0. The molecule has 1 saturated heterocycles. The average Bonchev–Trinajstić information content (AvgIpc) is 2.47. The van der Waals surface area contributed by atoms with Gasteiger partial charge in [-0.2, -0.15) is 0 Å². The Kier molecular flexibility index (Phi) is 4.15. The molecule has 1 fully saturated rings. The lowest BCUT2D eigenvalue weighted by atomic mass is 10.1. The van der Waals surface area contributed by atoms with Crippen molar-refractivity contribution in [3.05, 3.63) is 66.2 Å². The maximum atomic E-state index is 6.40. The predicted octanol–water partition coefficient (Wildman–Crippen LogP) is 5.08. The molecule has 2 heteroatoms. The third-order valence-electron chi connectivity index (χ3n) is 4.15. The van der Waals surface area contributed by atoms with Gasteiger partial charge in [0.15, 0.2) is 0 Å². The molecule has 1 aliphatic rings. The van der Waals surface area contributed by atoms with E-state index in [0.717, 1.165) is 6.42 Å². The van der Waals surface area contributed by atoms with E-state index in [1.165, 1.54) is 10.9 Å². The second-order valence-corrected chi connectivity index (χ2v) is 9.37. The Bertz CT molecular complexity index is 579. The summed E-state index contributed by atoms with van der Waals surface area (Å²) >= 11 is 0. The lowest BCUT2D eigenvalue weighted by Crippen LogP contribution is -2.37. The molecule has 0 amide bonds. The second-order valence-electron chi connectivity index (χ2n) is 6.43. The van der Waals surface area contributed by atoms with Crippen molar-refractivity contribution in [3.8, 4) is 0 Å². The summed E-state index contributed by atoms with van der Waals surface area (Å²) in [5.41, 5.74) is 1.31. The summed E-state index contributed by atoms with van der Waals surface area (Å²) in [5, 5.41) is 1.73. The van der Waals surface area contributed by atoms with Gasteiger partial charge in [0, 0.05) is 0 Å². The molecule has 110 valence electrons. The van der Waals surface area contributed by atoms with Crippen LogP contribution >= 0.6 is 7.92 Å². The average molecular weight is 298 g/mol. The van der Waals surface area contributed by atoms with Crippen LogP contribution in [0.25, 0.3) is 0 Å². The zero-order chi connectivity index (χ0) is 14.9. The molecule has 0 unspecified atom stereocenters. The molecule has 3 rings (SSSR count). The van der Waals surface area contributed by atoms with Crippen LogP contribution in [-0.2, 0) is 4.74 Å². The van der Waals surface area contributed by atoms with Crippen LogP contribution in [0.4, 0.5) is 0 Å². The van der Waals surface area contributed by atoms with Crippen molar-refractivity contribution in [1.29, 1.82) is 0 Å². The summed E-state index contributed by atoms with van der Waals surface area (Å²) in [4.78, 5) is 0. The molecule has 1 aliphatic heterocycles. The van der Waals surface area contributed by atoms with E-state index in [1.807, 2.05) is 0 Å². The van der Waals surface area contributed by atoms with E-state index in [0.29, 0.717) is 6.10 Å². The minimum absolute atomic E-state index is 0.197. The first kappa shape index (κ1) is 14.8. The van der Waals surface area contributed by atoms with Crippen LogP contribution in [0.3, 0.4) is 0 Å². The van der Waals surface area contributed by atoms with E-state index in [4.69, 9.17) is 4.74 Å². The summed E-state index contributed by atoms with van der Waals surface area (Å²) < 4.78 is 6.40. The topological polar surface area (TPSA) is 9.23 Å². The van der Waals surface area contributed by atoms with Crippen molar-refractivity contribution >= 4 is 13.2 Å². The number of hydrogen-bond donors (Lipinski definition) is 0. The van der Waals surface area contributed by atoms with Crippen molar-refractivity contribution in [2.75, 3.05) is 0 Å². The molecule has 2 aromatic carbocycles. The first-order valence-corrected chi connectivity index (χ1v) is 9.04. The molecule has 3 atom stereocenters. The van der Waals surface area contributed by atoms with Crippen molar-refractivity contribution in [2.24, 2.45) is 0 Å². The van der Waals surface area contributed by atoms with Crippen LogP contribution in [0.1, 0.15) is 38.6 Å². The third kappa shape index (κ3) is 3.05. The maximum absolute atomic E-state index is 6.40. The first-order chi connectivity index (χ1) is 10.1. The van der Waals surface area contributed by atoms with Gasteiger partial charge < -0.3 is 4.74 Å². The zero-order valence-corrected chi connectivity index (χ0v) is 13.9. The Balaban J connectivity index is 2.06. The SMILES string of the molecule is C[C@H]1CC(C)(C)[P@](c2ccccc2)[C@H](c2ccccc2)O1. The monoisotopic (exact) mass is 298 g/mol. The fourth-order valence-corrected chi connectivity index (χ4v) is 6.72. The Hall–Kier alpha value is -1.17. The number of benzene rings is 2. The van der Waals surface area contributed by atoms with Crippen LogP contribution in [0.15, 0.2) is 60.7 Å². The number of hydrogen-bond acceptors (Lipinski definition) is 1. The molecule has 0 saturated carbocycles. The summed E-state index contributed by atoms with van der Waals surface area (Å²) in [6.07, 6.45) is 1.43. The molecule has 0 aromatic heterocycles. The van der Waals surface area contributed by atoms with Crippen LogP contribution in [-0.4, -0.2) is 11.3 Å². The van der Waals surface area contributed by atoms with Crippen molar-refractivity contribution in [1.82, 2.24) is 0 Å². The normalized spacial score (nSPS) is 28.2. The quantitative estimate of drug-likeness (QED) is 0.702. The number of rotatable bonds is 2. The molecular formula is C19H23OP. The van der Waals surface area contributed by atoms with Gasteiger partial charge in [0.25, 0.3) is 0 Å². The molecular weight excluding hydrogens is 275 g/mol. The van der Waals surface area contributed by atoms with E-state index in [9.17, 15) is 0 Å². The molecule has 21 heavy (non-hydrogen) atoms. The van der Waals surface area contributed by atoms with E-state index in [1.54, 1.807) is 0 Å². The van der Waals surface area contributed by atoms with Gasteiger partial charge in [0.1, 0.15) is 5.85 Å². The fourth-order valence-electron chi connectivity index (χ4n) is 3.37. The highest BCUT2D eigenvalue weighted by molar-refractivity contribution is 7.67. The smallest absolute Gasteiger partial charge is 0.106 e. The summed E-state index contributed by atoms with van der Waals surface area (Å²) in [5.74, 6) is 0.197. The predicted molar refractivity (Wildman–Crippen MR) is 91.4 cm³/mol. The highest BCUT2D eigenvalue weighted by atomic mass is 31.1. The van der Waals surface area contributed by atoms with Crippen LogP contribution < -0.4 is 5.30 Å². The third-order valence-corrected chi connectivity index (χ3v) is 7.38. The minimum Gasteiger partial charge on any atom is -0.366 e. The van der Waals surface area contributed by atoms with Gasteiger partial charge in [-0.1, -0.05) is 74.5 Å². The van der Waals surface area contributed by atoms with Gasteiger partial charge in [-0.3, -0.25) is 0 Å². The molecule has 0 N–H and O–H groups in total. The second kappa shape index (κ2) is 5.91. The minimum atomic E-state index is -0.399. The summed E-state index contributed by atoms with van der Waals surface area (Å²) in [6.45, 7) is 7.01. The molecule has 1 nitrogen and oxygen atoms in total. The Morgan fingerprint density at radius 3 is 2.14 bits per heavy atom. The lowest BCUT2D eigenvalue weighted by molar-refractivity contribution is 0.0190. The molecule has 2 aromatic rings. The molecule has 0 spiro atoms. The Labute approximate surface area is 129 Å². The Morgan fingerprint density at radius 2 is 1.52 bits per heavy atom. The van der Waals surface area contributed by atoms with Gasteiger partial charge in [-0.25, -0.2) is 0 Å². The molecule has 0 bridgehead atoms. The van der Waals surface area contributed by atoms with Gasteiger partial charge in [-0.05, 0) is 37.3 Å². The van der Waals surface area contributed by atoms with Gasteiger partial charge in [-0.15, -0.1) is 0 Å². The molecule has 1 heterocycles. The van der Waals surface area contributed by atoms with Gasteiger partial charge >= 0.3 is 0 Å². The van der Waals surface area contributed by atoms with Crippen molar-refractivity contribution in [3.63, 3.8) is 0 Å². The van der Waals surface area contributed by atoms with Gasteiger partial charge in [0.2, 0.25) is 0 Å². The van der Waals surface area contributed by atoms with E-state index in [2.05, 4.69) is 81.4 Å². The Morgan fingerprint density at radius 1 is 0.952 bits per heavy atom. The maximum Gasteiger partial charge on any atom is 0.106 e. The van der Waals surface area contributed by atoms with Crippen molar-refractivity contribution in [2.45, 2.75) is 44.3 Å². The highest BCUT2D eigenvalue weighted by Gasteiger charge is 2.43. The number of ether oxygens (including phenoxy) is 1. The fraction of sp³-hybridized carbons (Fsp3) is 0.368. The van der Waals surface area contributed by atoms with Crippen molar-refractivity contribution < 1.29 is 4.74 Å². The summed E-state index contributed by atoms with van der Waals surface area (Å²) in [6, 6.07) is 21.6. The van der Waals surface area contributed by atoms with Crippen LogP contribution in [0.5, 0.6) is 0 Å². The van der Waals surface area contributed by atoms with Crippen LogP contribution in [0, 0.1) is 0 Å². The van der Waals surface area contributed by atoms with E-state index >= 15 is 0 Å². The highest BCUT2D eigenvalue weighted by Crippen LogP contribution is 2.64. The molecule has 0 radical (unpaired) electrons. The van der Waals surface area contributed by atoms with Crippen LogP contribution in [0.2, 0.25) is 0 Å². The summed E-state index contributed by atoms with van der Waals surface area (Å²) in [7, 11) is -0.399. The van der Waals surface area contributed by atoms with E-state index in [-0.39, 0.29) is 11.0 Å². The largest absolute Gasteiger partial charge is 0.366 e. The molecule has 0 aliphatic carbocycles. The lowest BCUT2D eigenvalue weighted by Gasteiger charge is -2.47. The van der Waals surface area contributed by atoms with Gasteiger partial charge in [0.05, 0.1) is 6.10 Å². The standard InChI is InChI=1S/C19H23OP/c1-15-14-19(2,3)21(17-12-8-5-9-13-17)18(20-15)16-10-6-4-7-11-16/h4-13,15,18H,14H2,1-3H3/t15-,18+,21+/m0/s1. The van der Waals surface area contributed by atoms with E-state index < -0.39 is 7.92 Å².